The number of rotatable bonds is 6. The van der Waals surface area contributed by atoms with Crippen LogP contribution in [0.5, 0.6) is 5.75 Å². The normalized spacial score (nSPS) is 12.8. The van der Waals surface area contributed by atoms with Crippen molar-refractivity contribution in [3.8, 4) is 5.75 Å². The summed E-state index contributed by atoms with van der Waals surface area (Å²) >= 11 is 0. The van der Waals surface area contributed by atoms with E-state index in [1.165, 1.54) is 17.7 Å². The molecule has 1 aromatic carbocycles. The van der Waals surface area contributed by atoms with Crippen molar-refractivity contribution >= 4 is 9.04 Å². The number of hydrogen-bond donors (Lipinski definition) is 0. The van der Waals surface area contributed by atoms with Crippen LogP contribution in [0.3, 0.4) is 0 Å². The number of hydrogen-bond acceptors (Lipinski definition) is 2. The van der Waals surface area contributed by atoms with E-state index < -0.39 is 9.04 Å². The van der Waals surface area contributed by atoms with Gasteiger partial charge < -0.3 is 9.16 Å². The van der Waals surface area contributed by atoms with E-state index in [0.29, 0.717) is 0 Å². The van der Waals surface area contributed by atoms with Gasteiger partial charge in [0.15, 0.2) is 9.04 Å². The quantitative estimate of drug-likeness (QED) is 0.706. The third-order valence-corrected chi connectivity index (χ3v) is 5.51. The van der Waals surface area contributed by atoms with E-state index in [1.54, 1.807) is 7.11 Å². The second-order valence-electron chi connectivity index (χ2n) is 3.99. The molecule has 0 saturated carbocycles. The molecule has 0 aliphatic heterocycles. The summed E-state index contributed by atoms with van der Waals surface area (Å²) in [4.78, 5) is 0. The Morgan fingerprint density at radius 3 is 2.12 bits per heavy atom. The highest BCUT2D eigenvalue weighted by Crippen LogP contribution is 2.22. The lowest BCUT2D eigenvalue weighted by molar-refractivity contribution is 0.226. The minimum Gasteiger partial charge on any atom is -0.497 e. The first-order chi connectivity index (χ1) is 7.71. The summed E-state index contributed by atoms with van der Waals surface area (Å²) in [7, 11) is 0.716. The van der Waals surface area contributed by atoms with Crippen LogP contribution in [0, 0.1) is 0 Å². The standard InChI is InChI=1S/C13H22O2Si/c1-5-16(6-2)15-11(3)12-7-9-13(14-4)10-8-12/h7-11,16H,5-6H2,1-4H3. The maximum atomic E-state index is 6.11. The number of benzene rings is 1. The van der Waals surface area contributed by atoms with Gasteiger partial charge in [-0.05, 0) is 36.7 Å². The summed E-state index contributed by atoms with van der Waals surface area (Å²) in [5, 5.41) is 0. The van der Waals surface area contributed by atoms with E-state index in [-0.39, 0.29) is 6.10 Å². The van der Waals surface area contributed by atoms with Gasteiger partial charge in [-0.25, -0.2) is 0 Å². The average molecular weight is 238 g/mol. The van der Waals surface area contributed by atoms with E-state index >= 15 is 0 Å². The van der Waals surface area contributed by atoms with Gasteiger partial charge in [0.2, 0.25) is 0 Å². The molecule has 3 heteroatoms. The van der Waals surface area contributed by atoms with E-state index in [0.717, 1.165) is 5.75 Å². The van der Waals surface area contributed by atoms with E-state index in [1.807, 2.05) is 12.1 Å². The molecule has 0 amide bonds. The molecule has 0 aliphatic rings. The van der Waals surface area contributed by atoms with E-state index in [2.05, 4.69) is 32.9 Å². The first-order valence-corrected chi connectivity index (χ1v) is 8.11. The second kappa shape index (κ2) is 6.71. The Morgan fingerprint density at radius 1 is 1.12 bits per heavy atom. The molecule has 2 nitrogen and oxygen atoms in total. The van der Waals surface area contributed by atoms with Crippen LogP contribution < -0.4 is 4.74 Å². The first-order valence-electron chi connectivity index (χ1n) is 6.00. The van der Waals surface area contributed by atoms with Crippen molar-refractivity contribution in [2.24, 2.45) is 0 Å². The predicted molar refractivity (Wildman–Crippen MR) is 70.6 cm³/mol. The summed E-state index contributed by atoms with van der Waals surface area (Å²) in [6, 6.07) is 10.6. The Kier molecular flexibility index (Phi) is 5.56. The van der Waals surface area contributed by atoms with Crippen LogP contribution in [0.25, 0.3) is 0 Å². The fourth-order valence-electron chi connectivity index (χ4n) is 1.72. The van der Waals surface area contributed by atoms with Gasteiger partial charge in [-0.3, -0.25) is 0 Å². The van der Waals surface area contributed by atoms with Crippen LogP contribution in [-0.2, 0) is 4.43 Å². The van der Waals surface area contributed by atoms with Crippen molar-refractivity contribution in [1.82, 2.24) is 0 Å². The van der Waals surface area contributed by atoms with Crippen LogP contribution in [0.4, 0.5) is 0 Å². The molecule has 1 unspecified atom stereocenters. The van der Waals surface area contributed by atoms with Crippen LogP contribution in [0.1, 0.15) is 32.4 Å². The molecule has 1 atom stereocenters. The van der Waals surface area contributed by atoms with E-state index in [9.17, 15) is 0 Å². The fraction of sp³-hybridized carbons (Fsp3) is 0.538. The van der Waals surface area contributed by atoms with Gasteiger partial charge in [0.1, 0.15) is 5.75 Å². The molecular formula is C13H22O2Si. The van der Waals surface area contributed by atoms with Crippen molar-refractivity contribution in [2.75, 3.05) is 7.11 Å². The number of ether oxygens (including phenoxy) is 1. The summed E-state index contributed by atoms with van der Waals surface area (Å²) in [6.07, 6.45) is 0.211. The Hall–Kier alpha value is -0.803. The molecule has 0 spiro atoms. The van der Waals surface area contributed by atoms with Crippen molar-refractivity contribution in [2.45, 2.75) is 39.0 Å². The molecule has 90 valence electrons. The zero-order valence-corrected chi connectivity index (χ0v) is 11.8. The summed E-state index contributed by atoms with van der Waals surface area (Å²) in [6.45, 7) is 6.58. The first kappa shape index (κ1) is 13.3. The molecule has 1 rings (SSSR count). The molecule has 0 bridgehead atoms. The topological polar surface area (TPSA) is 18.5 Å². The van der Waals surface area contributed by atoms with Gasteiger partial charge >= 0.3 is 0 Å². The van der Waals surface area contributed by atoms with Crippen LogP contribution in [-0.4, -0.2) is 16.2 Å². The predicted octanol–water partition coefficient (Wildman–Crippen LogP) is 3.54. The molecule has 0 aliphatic carbocycles. The third kappa shape index (κ3) is 3.65. The Labute approximate surface area is 100 Å². The molecule has 1 aromatic rings. The molecule has 0 heterocycles. The number of methoxy groups -OCH3 is 1. The molecular weight excluding hydrogens is 216 g/mol. The third-order valence-electron chi connectivity index (χ3n) is 2.89. The maximum absolute atomic E-state index is 6.11. The zero-order valence-electron chi connectivity index (χ0n) is 10.7. The SMILES string of the molecule is CC[SiH](CC)OC(C)c1ccc(OC)cc1. The van der Waals surface area contributed by atoms with Crippen molar-refractivity contribution in [1.29, 1.82) is 0 Å². The van der Waals surface area contributed by atoms with Gasteiger partial charge in [0.05, 0.1) is 13.2 Å². The lowest BCUT2D eigenvalue weighted by Crippen LogP contribution is -2.17. The Morgan fingerprint density at radius 2 is 1.69 bits per heavy atom. The smallest absolute Gasteiger partial charge is 0.177 e. The van der Waals surface area contributed by atoms with Crippen LogP contribution in [0.15, 0.2) is 24.3 Å². The highest BCUT2D eigenvalue weighted by molar-refractivity contribution is 6.51. The Bertz CT molecular complexity index is 293. The summed E-state index contributed by atoms with van der Waals surface area (Å²) < 4.78 is 11.2. The molecule has 0 saturated heterocycles. The van der Waals surface area contributed by atoms with Crippen LogP contribution in [0.2, 0.25) is 12.1 Å². The van der Waals surface area contributed by atoms with Gasteiger partial charge in [-0.2, -0.15) is 0 Å². The summed E-state index contributed by atoms with van der Waals surface area (Å²) in [5.74, 6) is 0.899. The van der Waals surface area contributed by atoms with Crippen molar-refractivity contribution in [3.05, 3.63) is 29.8 Å². The Balaban J connectivity index is 2.61. The maximum Gasteiger partial charge on any atom is 0.177 e. The highest BCUT2D eigenvalue weighted by atomic mass is 28.3. The molecule has 16 heavy (non-hydrogen) atoms. The largest absolute Gasteiger partial charge is 0.497 e. The molecule has 0 N–H and O–H groups in total. The minimum atomic E-state index is -0.971. The average Bonchev–Trinajstić information content (AvgIpc) is 2.35. The zero-order chi connectivity index (χ0) is 12.0. The lowest BCUT2D eigenvalue weighted by Gasteiger charge is -2.19. The minimum absolute atomic E-state index is 0.211. The van der Waals surface area contributed by atoms with Gasteiger partial charge in [-0.15, -0.1) is 0 Å². The molecule has 0 fully saturated rings. The van der Waals surface area contributed by atoms with Crippen molar-refractivity contribution in [3.63, 3.8) is 0 Å². The highest BCUT2D eigenvalue weighted by Gasteiger charge is 2.12. The fourth-order valence-corrected chi connectivity index (χ4v) is 3.42. The van der Waals surface area contributed by atoms with Gasteiger partial charge in [0.25, 0.3) is 0 Å². The van der Waals surface area contributed by atoms with Gasteiger partial charge in [-0.1, -0.05) is 26.0 Å². The van der Waals surface area contributed by atoms with Gasteiger partial charge in [0, 0.05) is 0 Å². The van der Waals surface area contributed by atoms with Crippen molar-refractivity contribution < 1.29 is 9.16 Å². The van der Waals surface area contributed by atoms with Crippen LogP contribution >= 0.6 is 0 Å². The van der Waals surface area contributed by atoms with E-state index in [4.69, 9.17) is 9.16 Å². The summed E-state index contributed by atoms with van der Waals surface area (Å²) in [5.41, 5.74) is 1.24. The monoisotopic (exact) mass is 238 g/mol. The molecule has 0 radical (unpaired) electrons. The molecule has 0 aromatic heterocycles. The second-order valence-corrected chi connectivity index (χ2v) is 7.14. The lowest BCUT2D eigenvalue weighted by atomic mass is 10.1.